The van der Waals surface area contributed by atoms with Gasteiger partial charge in [0, 0.05) is 34.3 Å². The predicted molar refractivity (Wildman–Crippen MR) is 92.5 cm³/mol. The molecule has 0 unspecified atom stereocenters. The van der Waals surface area contributed by atoms with Gasteiger partial charge in [0.25, 0.3) is 0 Å². The minimum absolute atomic E-state index is 0.0861. The molecule has 1 atom stereocenters. The van der Waals surface area contributed by atoms with Crippen molar-refractivity contribution in [2.24, 2.45) is 0 Å². The SMILES string of the molecule is CCOC(=O)C1=C(C)NC2=C(C(=O)CCC2)[C@@H]1c1cccc(Cl)c1. The highest BCUT2D eigenvalue weighted by atomic mass is 35.5. The average molecular weight is 346 g/mol. The first kappa shape index (κ1) is 16.8. The molecule has 0 spiro atoms. The van der Waals surface area contributed by atoms with E-state index in [1.54, 1.807) is 13.0 Å². The number of ketones is 1. The van der Waals surface area contributed by atoms with Gasteiger partial charge in [-0.15, -0.1) is 0 Å². The summed E-state index contributed by atoms with van der Waals surface area (Å²) in [6.07, 6.45) is 2.15. The van der Waals surface area contributed by atoms with Crippen LogP contribution in [0, 0.1) is 0 Å². The van der Waals surface area contributed by atoms with Crippen LogP contribution in [0.15, 0.2) is 46.8 Å². The van der Waals surface area contributed by atoms with Crippen LogP contribution in [0.25, 0.3) is 0 Å². The molecule has 0 bridgehead atoms. The molecule has 1 aromatic carbocycles. The summed E-state index contributed by atoms with van der Waals surface area (Å²) in [5, 5.41) is 3.84. The molecule has 1 aliphatic heterocycles. The summed E-state index contributed by atoms with van der Waals surface area (Å²) in [4.78, 5) is 25.2. The Morgan fingerprint density at radius 3 is 2.88 bits per heavy atom. The number of Topliss-reactive ketones (excluding diaryl/α,β-unsaturated/α-hetero) is 1. The Morgan fingerprint density at radius 2 is 2.17 bits per heavy atom. The van der Waals surface area contributed by atoms with Crippen LogP contribution >= 0.6 is 11.6 Å². The Labute approximate surface area is 146 Å². The second-order valence-corrected chi connectivity index (χ2v) is 6.48. The fourth-order valence-electron chi connectivity index (χ4n) is 3.48. The zero-order valence-corrected chi connectivity index (χ0v) is 14.6. The van der Waals surface area contributed by atoms with Gasteiger partial charge < -0.3 is 10.1 Å². The van der Waals surface area contributed by atoms with Crippen LogP contribution in [0.2, 0.25) is 5.02 Å². The number of hydrogen-bond acceptors (Lipinski definition) is 4. The van der Waals surface area contributed by atoms with E-state index < -0.39 is 11.9 Å². The minimum Gasteiger partial charge on any atom is -0.463 e. The monoisotopic (exact) mass is 345 g/mol. The van der Waals surface area contributed by atoms with Gasteiger partial charge in [0.2, 0.25) is 0 Å². The van der Waals surface area contributed by atoms with Gasteiger partial charge in [-0.25, -0.2) is 4.79 Å². The van der Waals surface area contributed by atoms with E-state index in [0.29, 0.717) is 22.6 Å². The highest BCUT2D eigenvalue weighted by Gasteiger charge is 2.38. The number of esters is 1. The maximum Gasteiger partial charge on any atom is 0.336 e. The van der Waals surface area contributed by atoms with Gasteiger partial charge in [-0.2, -0.15) is 0 Å². The zero-order valence-electron chi connectivity index (χ0n) is 13.8. The Morgan fingerprint density at radius 1 is 1.38 bits per heavy atom. The summed E-state index contributed by atoms with van der Waals surface area (Å²) in [6.45, 7) is 3.92. The van der Waals surface area contributed by atoms with E-state index in [1.807, 2.05) is 25.1 Å². The molecule has 0 amide bonds. The summed E-state index contributed by atoms with van der Waals surface area (Å²) in [5.41, 5.74) is 3.67. The van der Waals surface area contributed by atoms with Crippen LogP contribution in [0.4, 0.5) is 0 Å². The van der Waals surface area contributed by atoms with Crippen molar-refractivity contribution in [3.05, 3.63) is 57.4 Å². The number of rotatable bonds is 3. The number of benzene rings is 1. The normalized spacial score (nSPS) is 20.6. The van der Waals surface area contributed by atoms with E-state index in [2.05, 4.69) is 5.32 Å². The number of carbonyl (C=O) groups is 2. The number of dihydropyridines is 1. The Balaban J connectivity index is 2.17. The molecular weight excluding hydrogens is 326 g/mol. The molecule has 5 heteroatoms. The second-order valence-electron chi connectivity index (χ2n) is 6.04. The highest BCUT2D eigenvalue weighted by molar-refractivity contribution is 6.30. The molecule has 1 N–H and O–H groups in total. The molecule has 1 aliphatic carbocycles. The van der Waals surface area contributed by atoms with Gasteiger partial charge >= 0.3 is 5.97 Å². The van der Waals surface area contributed by atoms with Crippen molar-refractivity contribution in [1.29, 1.82) is 0 Å². The molecule has 126 valence electrons. The first-order chi connectivity index (χ1) is 11.5. The molecule has 1 heterocycles. The summed E-state index contributed by atoms with van der Waals surface area (Å²) < 4.78 is 5.25. The number of ether oxygens (including phenoxy) is 1. The van der Waals surface area contributed by atoms with Crippen molar-refractivity contribution < 1.29 is 14.3 Å². The Hall–Kier alpha value is -2.07. The number of halogens is 1. The van der Waals surface area contributed by atoms with Gasteiger partial charge in [-0.1, -0.05) is 23.7 Å². The van der Waals surface area contributed by atoms with Crippen LogP contribution in [-0.2, 0) is 14.3 Å². The molecule has 1 aromatic rings. The Bertz CT molecular complexity index is 764. The van der Waals surface area contributed by atoms with Crippen molar-refractivity contribution in [3.8, 4) is 0 Å². The number of allylic oxidation sites excluding steroid dienone is 3. The second kappa shape index (κ2) is 6.81. The first-order valence-electron chi connectivity index (χ1n) is 8.19. The van der Waals surface area contributed by atoms with Crippen molar-refractivity contribution in [1.82, 2.24) is 5.32 Å². The van der Waals surface area contributed by atoms with E-state index >= 15 is 0 Å². The maximum atomic E-state index is 12.6. The van der Waals surface area contributed by atoms with E-state index in [0.717, 1.165) is 29.8 Å². The van der Waals surface area contributed by atoms with Gasteiger partial charge in [0.15, 0.2) is 5.78 Å². The standard InChI is InChI=1S/C19H20ClNO3/c1-3-24-19(23)16-11(2)21-14-8-5-9-15(22)18(14)17(16)12-6-4-7-13(20)10-12/h4,6-7,10,17,21H,3,5,8-9H2,1-2H3/t17-/m1/s1. The molecule has 4 nitrogen and oxygen atoms in total. The molecule has 0 aromatic heterocycles. The van der Waals surface area contributed by atoms with Crippen molar-refractivity contribution >= 4 is 23.4 Å². The molecule has 0 saturated carbocycles. The quantitative estimate of drug-likeness (QED) is 0.845. The lowest BCUT2D eigenvalue weighted by Gasteiger charge is -2.34. The molecule has 24 heavy (non-hydrogen) atoms. The maximum absolute atomic E-state index is 12.6. The summed E-state index contributed by atoms with van der Waals surface area (Å²) in [5.74, 6) is -0.729. The van der Waals surface area contributed by atoms with E-state index in [-0.39, 0.29) is 12.4 Å². The molecular formula is C19H20ClNO3. The van der Waals surface area contributed by atoms with Crippen LogP contribution in [0.1, 0.15) is 44.6 Å². The average Bonchev–Trinajstić information content (AvgIpc) is 2.54. The third-order valence-corrected chi connectivity index (χ3v) is 4.69. The summed E-state index contributed by atoms with van der Waals surface area (Å²) >= 11 is 6.15. The summed E-state index contributed by atoms with van der Waals surface area (Å²) in [7, 11) is 0. The number of hydrogen-bond donors (Lipinski definition) is 1. The van der Waals surface area contributed by atoms with Crippen molar-refractivity contribution in [3.63, 3.8) is 0 Å². The van der Waals surface area contributed by atoms with Crippen LogP contribution in [-0.4, -0.2) is 18.4 Å². The van der Waals surface area contributed by atoms with Crippen molar-refractivity contribution in [2.75, 3.05) is 6.61 Å². The fourth-order valence-corrected chi connectivity index (χ4v) is 3.68. The molecule has 0 saturated heterocycles. The van der Waals surface area contributed by atoms with Gasteiger partial charge in [0.05, 0.1) is 12.2 Å². The molecule has 0 fully saturated rings. The third kappa shape index (κ3) is 2.98. The lowest BCUT2D eigenvalue weighted by molar-refractivity contribution is -0.138. The van der Waals surface area contributed by atoms with Crippen molar-refractivity contribution in [2.45, 2.75) is 39.0 Å². The van der Waals surface area contributed by atoms with Gasteiger partial charge in [-0.05, 0) is 44.4 Å². The van der Waals surface area contributed by atoms with Crippen LogP contribution in [0.3, 0.4) is 0 Å². The lowest BCUT2D eigenvalue weighted by Crippen LogP contribution is -2.34. The molecule has 2 aliphatic rings. The van der Waals surface area contributed by atoms with Gasteiger partial charge in [0.1, 0.15) is 0 Å². The number of nitrogens with one attached hydrogen (secondary N) is 1. The minimum atomic E-state index is -0.424. The van der Waals surface area contributed by atoms with Crippen LogP contribution < -0.4 is 5.32 Å². The van der Waals surface area contributed by atoms with E-state index in [1.165, 1.54) is 0 Å². The summed E-state index contributed by atoms with van der Waals surface area (Å²) in [6, 6.07) is 7.34. The van der Waals surface area contributed by atoms with E-state index in [4.69, 9.17) is 16.3 Å². The fraction of sp³-hybridized carbons (Fsp3) is 0.368. The van der Waals surface area contributed by atoms with E-state index in [9.17, 15) is 9.59 Å². The van der Waals surface area contributed by atoms with Crippen LogP contribution in [0.5, 0.6) is 0 Å². The Kier molecular flexibility index (Phi) is 4.76. The third-order valence-electron chi connectivity index (χ3n) is 4.45. The van der Waals surface area contributed by atoms with Gasteiger partial charge in [-0.3, -0.25) is 4.79 Å². The molecule has 0 radical (unpaired) electrons. The lowest BCUT2D eigenvalue weighted by atomic mass is 9.75. The first-order valence-corrected chi connectivity index (χ1v) is 8.57. The topological polar surface area (TPSA) is 55.4 Å². The number of carbonyl (C=O) groups excluding carboxylic acids is 2. The smallest absolute Gasteiger partial charge is 0.336 e. The largest absolute Gasteiger partial charge is 0.463 e. The molecule has 3 rings (SSSR count). The zero-order chi connectivity index (χ0) is 17.3. The predicted octanol–water partition coefficient (Wildman–Crippen LogP) is 3.87. The highest BCUT2D eigenvalue weighted by Crippen LogP contribution is 2.42.